The molecule has 0 spiro atoms. The third-order valence-electron chi connectivity index (χ3n) is 4.60. The van der Waals surface area contributed by atoms with Crippen LogP contribution in [0.3, 0.4) is 0 Å². The van der Waals surface area contributed by atoms with Crippen molar-refractivity contribution in [2.75, 3.05) is 13.7 Å². The number of methoxy groups -OCH3 is 1. The van der Waals surface area contributed by atoms with E-state index in [0.717, 1.165) is 47.4 Å². The molecule has 1 aromatic rings. The SMILES string of the molecule is COc1ccc(Cl)cc1CC1(CO)CC2CC2C1. The zero-order chi connectivity index (χ0) is 12.8. The van der Waals surface area contributed by atoms with Crippen LogP contribution >= 0.6 is 11.6 Å². The number of aliphatic hydroxyl groups excluding tert-OH is 1. The molecule has 0 aromatic heterocycles. The lowest BCUT2D eigenvalue weighted by molar-refractivity contribution is 0.116. The molecule has 3 heteroatoms. The minimum Gasteiger partial charge on any atom is -0.496 e. The summed E-state index contributed by atoms with van der Waals surface area (Å²) in [5.74, 6) is 2.61. The highest BCUT2D eigenvalue weighted by atomic mass is 35.5. The molecule has 1 aromatic carbocycles. The van der Waals surface area contributed by atoms with Crippen LogP contribution in [0.5, 0.6) is 5.75 Å². The summed E-state index contributed by atoms with van der Waals surface area (Å²) in [6, 6.07) is 5.74. The largest absolute Gasteiger partial charge is 0.496 e. The Hall–Kier alpha value is -0.730. The first kappa shape index (κ1) is 12.3. The molecule has 2 saturated carbocycles. The van der Waals surface area contributed by atoms with Crippen molar-refractivity contribution in [2.24, 2.45) is 17.3 Å². The van der Waals surface area contributed by atoms with E-state index in [9.17, 15) is 5.11 Å². The Morgan fingerprint density at radius 3 is 2.72 bits per heavy atom. The molecule has 0 radical (unpaired) electrons. The standard InChI is InChI=1S/C15H19ClO2/c1-18-14-3-2-13(16)5-12(14)8-15(9-17)6-10-4-11(10)7-15/h2-3,5,10-11,17H,4,6-9H2,1H3. The number of benzene rings is 1. The summed E-state index contributed by atoms with van der Waals surface area (Å²) < 4.78 is 5.40. The molecule has 2 unspecified atom stereocenters. The lowest BCUT2D eigenvalue weighted by atomic mass is 9.78. The van der Waals surface area contributed by atoms with Crippen molar-refractivity contribution < 1.29 is 9.84 Å². The van der Waals surface area contributed by atoms with Crippen LogP contribution in [0.1, 0.15) is 24.8 Å². The van der Waals surface area contributed by atoms with E-state index in [0.29, 0.717) is 0 Å². The number of ether oxygens (including phenoxy) is 1. The lowest BCUT2D eigenvalue weighted by Crippen LogP contribution is -2.26. The Morgan fingerprint density at radius 1 is 1.39 bits per heavy atom. The fourth-order valence-corrected chi connectivity index (χ4v) is 3.82. The van der Waals surface area contributed by atoms with Gasteiger partial charge in [0.15, 0.2) is 0 Å². The average Bonchev–Trinajstić information content (AvgIpc) is 2.98. The fourth-order valence-electron chi connectivity index (χ4n) is 3.62. The molecule has 18 heavy (non-hydrogen) atoms. The summed E-state index contributed by atoms with van der Waals surface area (Å²) >= 11 is 6.07. The molecule has 2 aliphatic carbocycles. The van der Waals surface area contributed by atoms with Crippen molar-refractivity contribution in [2.45, 2.75) is 25.7 Å². The van der Waals surface area contributed by atoms with Crippen LogP contribution in [0, 0.1) is 17.3 Å². The van der Waals surface area contributed by atoms with Crippen molar-refractivity contribution in [3.8, 4) is 5.75 Å². The molecule has 0 bridgehead atoms. The number of halogens is 1. The van der Waals surface area contributed by atoms with Gasteiger partial charge in [-0.3, -0.25) is 0 Å². The van der Waals surface area contributed by atoms with E-state index < -0.39 is 0 Å². The predicted molar refractivity (Wildman–Crippen MR) is 72.1 cm³/mol. The Labute approximate surface area is 113 Å². The van der Waals surface area contributed by atoms with E-state index in [1.807, 2.05) is 18.2 Å². The van der Waals surface area contributed by atoms with Crippen LogP contribution in [-0.4, -0.2) is 18.8 Å². The molecule has 0 heterocycles. The number of hydrogen-bond acceptors (Lipinski definition) is 2. The lowest BCUT2D eigenvalue weighted by Gasteiger charge is -2.29. The molecule has 3 rings (SSSR count). The maximum atomic E-state index is 9.78. The van der Waals surface area contributed by atoms with Crippen LogP contribution in [0.25, 0.3) is 0 Å². The van der Waals surface area contributed by atoms with Crippen molar-refractivity contribution in [1.29, 1.82) is 0 Å². The first-order valence-electron chi connectivity index (χ1n) is 6.59. The highest BCUT2D eigenvalue weighted by Crippen LogP contribution is 2.60. The monoisotopic (exact) mass is 266 g/mol. The van der Waals surface area contributed by atoms with Gasteiger partial charge in [0.2, 0.25) is 0 Å². The topological polar surface area (TPSA) is 29.5 Å². The van der Waals surface area contributed by atoms with Gasteiger partial charge in [-0.25, -0.2) is 0 Å². The van der Waals surface area contributed by atoms with Crippen molar-refractivity contribution in [3.63, 3.8) is 0 Å². The van der Waals surface area contributed by atoms with Gasteiger partial charge in [-0.15, -0.1) is 0 Å². The van der Waals surface area contributed by atoms with Gasteiger partial charge in [0.05, 0.1) is 7.11 Å². The van der Waals surface area contributed by atoms with Gasteiger partial charge >= 0.3 is 0 Å². The first-order chi connectivity index (χ1) is 8.65. The second-order valence-corrected chi connectivity index (χ2v) is 6.39. The summed E-state index contributed by atoms with van der Waals surface area (Å²) in [7, 11) is 1.68. The average molecular weight is 267 g/mol. The van der Waals surface area contributed by atoms with Crippen LogP contribution < -0.4 is 4.74 Å². The normalized spacial score (nSPS) is 33.3. The summed E-state index contributed by atoms with van der Waals surface area (Å²) in [6.07, 6.45) is 4.56. The maximum absolute atomic E-state index is 9.78. The van der Waals surface area contributed by atoms with Crippen molar-refractivity contribution in [1.82, 2.24) is 0 Å². The smallest absolute Gasteiger partial charge is 0.122 e. The zero-order valence-corrected chi connectivity index (χ0v) is 11.4. The maximum Gasteiger partial charge on any atom is 0.122 e. The molecule has 0 amide bonds. The quantitative estimate of drug-likeness (QED) is 0.906. The molecule has 98 valence electrons. The van der Waals surface area contributed by atoms with Crippen LogP contribution in [-0.2, 0) is 6.42 Å². The Balaban J connectivity index is 1.84. The third-order valence-corrected chi connectivity index (χ3v) is 4.84. The zero-order valence-electron chi connectivity index (χ0n) is 10.7. The number of rotatable bonds is 4. The number of aliphatic hydroxyl groups is 1. The molecule has 2 fully saturated rings. The van der Waals surface area contributed by atoms with Gasteiger partial charge < -0.3 is 9.84 Å². The minimum atomic E-state index is 0.0611. The van der Waals surface area contributed by atoms with Gasteiger partial charge in [-0.05, 0) is 66.7 Å². The van der Waals surface area contributed by atoms with Gasteiger partial charge in [-0.1, -0.05) is 11.6 Å². The summed E-state index contributed by atoms with van der Waals surface area (Å²) in [6.45, 7) is 0.273. The van der Waals surface area contributed by atoms with Gasteiger partial charge in [0.25, 0.3) is 0 Å². The molecular formula is C15H19ClO2. The molecule has 1 N–H and O–H groups in total. The van der Waals surface area contributed by atoms with E-state index in [4.69, 9.17) is 16.3 Å². The molecule has 2 nitrogen and oxygen atoms in total. The van der Waals surface area contributed by atoms with Crippen molar-refractivity contribution >= 4 is 11.6 Å². The summed E-state index contributed by atoms with van der Waals surface area (Å²) in [5, 5.41) is 10.5. The Bertz CT molecular complexity index is 448. The second kappa shape index (κ2) is 4.43. The first-order valence-corrected chi connectivity index (χ1v) is 6.97. The van der Waals surface area contributed by atoms with Gasteiger partial charge in [0, 0.05) is 11.6 Å². The highest BCUT2D eigenvalue weighted by molar-refractivity contribution is 6.30. The molecule has 2 atom stereocenters. The minimum absolute atomic E-state index is 0.0611. The molecule has 2 aliphatic rings. The van der Waals surface area contributed by atoms with E-state index in [1.165, 1.54) is 6.42 Å². The van der Waals surface area contributed by atoms with E-state index >= 15 is 0 Å². The summed E-state index contributed by atoms with van der Waals surface area (Å²) in [4.78, 5) is 0. The van der Waals surface area contributed by atoms with Gasteiger partial charge in [0.1, 0.15) is 5.75 Å². The predicted octanol–water partition coefficient (Wildman–Crippen LogP) is 3.30. The van der Waals surface area contributed by atoms with Gasteiger partial charge in [-0.2, -0.15) is 0 Å². The molecule has 0 aliphatic heterocycles. The Kier molecular flexibility index (Phi) is 3.03. The van der Waals surface area contributed by atoms with Crippen LogP contribution in [0.2, 0.25) is 5.02 Å². The number of hydrogen-bond donors (Lipinski definition) is 1. The summed E-state index contributed by atoms with van der Waals surface area (Å²) in [5.41, 5.74) is 1.19. The van der Waals surface area contributed by atoms with Crippen molar-refractivity contribution in [3.05, 3.63) is 28.8 Å². The Morgan fingerprint density at radius 2 is 2.11 bits per heavy atom. The second-order valence-electron chi connectivity index (χ2n) is 5.96. The number of fused-ring (bicyclic) bond motifs is 1. The molecular weight excluding hydrogens is 248 g/mol. The fraction of sp³-hybridized carbons (Fsp3) is 0.600. The van der Waals surface area contributed by atoms with E-state index in [2.05, 4.69) is 0 Å². The highest BCUT2D eigenvalue weighted by Gasteiger charge is 2.53. The third kappa shape index (κ3) is 2.12. The van der Waals surface area contributed by atoms with E-state index in [-0.39, 0.29) is 12.0 Å². The molecule has 0 saturated heterocycles. The van der Waals surface area contributed by atoms with Crippen LogP contribution in [0.4, 0.5) is 0 Å². The van der Waals surface area contributed by atoms with E-state index in [1.54, 1.807) is 7.11 Å². The van der Waals surface area contributed by atoms with Crippen LogP contribution in [0.15, 0.2) is 18.2 Å².